The topological polar surface area (TPSA) is 66.0 Å². The van der Waals surface area contributed by atoms with Gasteiger partial charge in [-0.05, 0) is 54.8 Å². The molecule has 2 aromatic carbocycles. The molecule has 4 heteroatoms. The summed E-state index contributed by atoms with van der Waals surface area (Å²) >= 11 is 0. The lowest BCUT2D eigenvalue weighted by molar-refractivity contribution is 0.294. The van der Waals surface area contributed by atoms with E-state index < -0.39 is 0 Å². The van der Waals surface area contributed by atoms with Gasteiger partial charge in [0.1, 0.15) is 35.8 Å². The zero-order valence-corrected chi connectivity index (χ0v) is 14.0. The fraction of sp³-hybridized carbons (Fsp3) is 0.200. The molecule has 4 nitrogen and oxygen atoms in total. The van der Waals surface area contributed by atoms with E-state index in [1.165, 1.54) is 5.56 Å². The molecular weight excluding hydrogens is 300 g/mol. The number of benzene rings is 2. The third-order valence-electron chi connectivity index (χ3n) is 3.79. The van der Waals surface area contributed by atoms with Crippen LogP contribution in [0.2, 0.25) is 0 Å². The summed E-state index contributed by atoms with van der Waals surface area (Å²) in [5.41, 5.74) is 3.94. The van der Waals surface area contributed by atoms with Crippen molar-refractivity contribution in [1.82, 2.24) is 0 Å². The number of hydrogen-bond acceptors (Lipinski definition) is 4. The van der Waals surface area contributed by atoms with Crippen LogP contribution >= 0.6 is 0 Å². The molecule has 2 aromatic rings. The van der Waals surface area contributed by atoms with Gasteiger partial charge in [0.25, 0.3) is 0 Å². The molecule has 0 atom stereocenters. The van der Waals surface area contributed by atoms with Crippen molar-refractivity contribution in [2.45, 2.75) is 20.5 Å². The molecule has 0 amide bonds. The molecule has 0 heterocycles. The molecule has 0 aliphatic rings. The van der Waals surface area contributed by atoms with Crippen LogP contribution in [0, 0.1) is 36.5 Å². The smallest absolute Gasteiger partial charge is 0.130 e. The average molecular weight is 318 g/mol. The monoisotopic (exact) mass is 318 g/mol. The fourth-order valence-electron chi connectivity index (χ4n) is 2.29. The third kappa shape index (κ3) is 3.94. The van der Waals surface area contributed by atoms with E-state index in [1.807, 2.05) is 50.3 Å². The van der Waals surface area contributed by atoms with Crippen molar-refractivity contribution in [3.63, 3.8) is 0 Å². The molecule has 0 unspecified atom stereocenters. The quantitative estimate of drug-likeness (QED) is 0.770. The van der Waals surface area contributed by atoms with Gasteiger partial charge in [-0.15, -0.1) is 0 Å². The number of rotatable bonds is 5. The lowest BCUT2D eigenvalue weighted by Gasteiger charge is -2.13. The Morgan fingerprint density at radius 1 is 1.08 bits per heavy atom. The first-order valence-electron chi connectivity index (χ1n) is 7.47. The number of ether oxygens (including phenoxy) is 2. The van der Waals surface area contributed by atoms with Crippen molar-refractivity contribution in [3.05, 3.63) is 64.2 Å². The van der Waals surface area contributed by atoms with Gasteiger partial charge in [-0.3, -0.25) is 0 Å². The summed E-state index contributed by atoms with van der Waals surface area (Å²) in [7, 11) is 1.60. The maximum absolute atomic E-state index is 8.88. The van der Waals surface area contributed by atoms with Crippen LogP contribution in [0.5, 0.6) is 11.5 Å². The summed E-state index contributed by atoms with van der Waals surface area (Å²) in [5.74, 6) is 1.53. The second-order valence-corrected chi connectivity index (χ2v) is 5.34. The number of allylic oxidation sites excluding steroid dienone is 1. The van der Waals surface area contributed by atoms with Crippen molar-refractivity contribution in [2.24, 2.45) is 0 Å². The Labute approximate surface area is 142 Å². The number of nitrogens with zero attached hydrogens (tertiary/aromatic N) is 2. The highest BCUT2D eigenvalue weighted by molar-refractivity contribution is 5.63. The van der Waals surface area contributed by atoms with E-state index in [0.717, 1.165) is 22.4 Å². The highest BCUT2D eigenvalue weighted by Gasteiger charge is 2.08. The minimum absolute atomic E-state index is 0.0570. The van der Waals surface area contributed by atoms with Crippen molar-refractivity contribution in [2.75, 3.05) is 7.11 Å². The average Bonchev–Trinajstić information content (AvgIpc) is 2.61. The lowest BCUT2D eigenvalue weighted by Crippen LogP contribution is -2.01. The fourth-order valence-corrected chi connectivity index (χ4v) is 2.29. The molecule has 0 aliphatic carbocycles. The summed E-state index contributed by atoms with van der Waals surface area (Å²) in [6.07, 6.45) is 1.54. The van der Waals surface area contributed by atoms with E-state index in [4.69, 9.17) is 20.0 Å². The predicted molar refractivity (Wildman–Crippen MR) is 92.4 cm³/mol. The molecule has 0 bridgehead atoms. The van der Waals surface area contributed by atoms with Crippen LogP contribution in [0.15, 0.2) is 42.0 Å². The molecule has 120 valence electrons. The van der Waals surface area contributed by atoms with Gasteiger partial charge in [-0.25, -0.2) is 0 Å². The largest absolute Gasteiger partial charge is 0.496 e. The van der Waals surface area contributed by atoms with Crippen LogP contribution < -0.4 is 9.47 Å². The number of methoxy groups -OCH3 is 1. The van der Waals surface area contributed by atoms with Crippen molar-refractivity contribution in [1.29, 1.82) is 10.5 Å². The molecule has 2 rings (SSSR count). The van der Waals surface area contributed by atoms with Crippen molar-refractivity contribution >= 4 is 6.08 Å². The van der Waals surface area contributed by atoms with E-state index in [2.05, 4.69) is 0 Å². The van der Waals surface area contributed by atoms with Gasteiger partial charge in [0.15, 0.2) is 0 Å². The zero-order valence-electron chi connectivity index (χ0n) is 14.0. The Kier molecular flexibility index (Phi) is 5.60. The number of hydrogen-bond donors (Lipinski definition) is 0. The molecule has 0 spiro atoms. The highest BCUT2D eigenvalue weighted by atomic mass is 16.5. The maximum Gasteiger partial charge on any atom is 0.130 e. The second-order valence-electron chi connectivity index (χ2n) is 5.34. The Morgan fingerprint density at radius 3 is 2.50 bits per heavy atom. The maximum atomic E-state index is 8.88. The first-order chi connectivity index (χ1) is 11.6. The third-order valence-corrected chi connectivity index (χ3v) is 3.79. The number of aryl methyl sites for hydroxylation is 1. The zero-order chi connectivity index (χ0) is 17.5. The normalized spacial score (nSPS) is 9.54. The Morgan fingerprint density at radius 2 is 1.83 bits per heavy atom. The van der Waals surface area contributed by atoms with Crippen LogP contribution in [-0.2, 0) is 6.61 Å². The molecule has 0 aromatic heterocycles. The van der Waals surface area contributed by atoms with Crippen LogP contribution in [-0.4, -0.2) is 7.11 Å². The van der Waals surface area contributed by atoms with Crippen molar-refractivity contribution in [3.8, 4) is 23.6 Å². The van der Waals surface area contributed by atoms with E-state index in [-0.39, 0.29) is 5.57 Å². The molecule has 0 fully saturated rings. The lowest BCUT2D eigenvalue weighted by atomic mass is 10.1. The van der Waals surface area contributed by atoms with Crippen LogP contribution in [0.3, 0.4) is 0 Å². The van der Waals surface area contributed by atoms with Crippen LogP contribution in [0.4, 0.5) is 0 Å². The Balaban J connectivity index is 2.29. The van der Waals surface area contributed by atoms with Crippen LogP contribution in [0.25, 0.3) is 6.08 Å². The van der Waals surface area contributed by atoms with Gasteiger partial charge in [-0.1, -0.05) is 18.2 Å². The van der Waals surface area contributed by atoms with Gasteiger partial charge in [-0.2, -0.15) is 10.5 Å². The van der Waals surface area contributed by atoms with E-state index >= 15 is 0 Å². The highest BCUT2D eigenvalue weighted by Crippen LogP contribution is 2.26. The molecule has 0 N–H and O–H groups in total. The molecule has 0 saturated heterocycles. The van der Waals surface area contributed by atoms with Gasteiger partial charge in [0, 0.05) is 5.56 Å². The predicted octanol–water partition coefficient (Wildman–Crippen LogP) is 4.32. The Hall–Kier alpha value is -3.24. The van der Waals surface area contributed by atoms with Gasteiger partial charge >= 0.3 is 0 Å². The first kappa shape index (κ1) is 17.1. The summed E-state index contributed by atoms with van der Waals surface area (Å²) in [6, 6.07) is 15.1. The molecule has 0 radical (unpaired) electrons. The standard InChI is InChI=1S/C20H18N2O2/c1-14-5-4-6-19(15(14)2)24-13-18-10-16(7-8-20(18)23-3)9-17(11-21)12-22/h4-10H,13H2,1-3H3. The SMILES string of the molecule is COc1ccc(C=C(C#N)C#N)cc1COc1cccc(C)c1C. The summed E-state index contributed by atoms with van der Waals surface area (Å²) < 4.78 is 11.3. The molecule has 0 aliphatic heterocycles. The van der Waals surface area contributed by atoms with Gasteiger partial charge in [0.2, 0.25) is 0 Å². The van der Waals surface area contributed by atoms with Crippen LogP contribution in [0.1, 0.15) is 22.3 Å². The summed E-state index contributed by atoms with van der Waals surface area (Å²) in [4.78, 5) is 0. The van der Waals surface area contributed by atoms with Crippen molar-refractivity contribution < 1.29 is 9.47 Å². The summed E-state index contributed by atoms with van der Waals surface area (Å²) in [5, 5.41) is 17.8. The minimum Gasteiger partial charge on any atom is -0.496 e. The molecule has 0 saturated carbocycles. The van der Waals surface area contributed by atoms with Gasteiger partial charge in [0.05, 0.1) is 7.11 Å². The second kappa shape index (κ2) is 7.85. The Bertz CT molecular complexity index is 839. The van der Waals surface area contributed by atoms with E-state index in [1.54, 1.807) is 25.3 Å². The summed E-state index contributed by atoms with van der Waals surface area (Å²) in [6.45, 7) is 4.40. The molecular formula is C20H18N2O2. The van der Waals surface area contributed by atoms with Gasteiger partial charge < -0.3 is 9.47 Å². The first-order valence-corrected chi connectivity index (χ1v) is 7.47. The minimum atomic E-state index is 0.0570. The van der Waals surface area contributed by atoms with E-state index in [0.29, 0.717) is 12.4 Å². The number of nitriles is 2. The molecule has 24 heavy (non-hydrogen) atoms. The van der Waals surface area contributed by atoms with E-state index in [9.17, 15) is 0 Å².